The summed E-state index contributed by atoms with van der Waals surface area (Å²) in [7, 11) is 0. The average Bonchev–Trinajstić information content (AvgIpc) is 2.54. The molecule has 0 N–H and O–H groups in total. The van der Waals surface area contributed by atoms with Crippen LogP contribution in [-0.4, -0.2) is 10.9 Å². The number of allylic oxidation sites excluding steroid dienone is 3. The molecule has 60 valence electrons. The van der Waals surface area contributed by atoms with E-state index in [9.17, 15) is 0 Å². The molecule has 3 nitrogen and oxygen atoms in total. The number of rotatable bonds is 1. The molecule has 1 heterocycles. The lowest BCUT2D eigenvalue weighted by atomic mass is 10.0. The van der Waals surface area contributed by atoms with Crippen LogP contribution in [0.3, 0.4) is 0 Å². The van der Waals surface area contributed by atoms with Crippen molar-refractivity contribution >= 4 is 23.2 Å². The van der Waals surface area contributed by atoms with Gasteiger partial charge in [0.15, 0.2) is 5.84 Å². The number of hydrogen-bond acceptors (Lipinski definition) is 2. The SMILES string of the molecule is S=C1N=NC(C2C=CC=CC2)=N1. The van der Waals surface area contributed by atoms with Gasteiger partial charge in [-0.1, -0.05) is 24.3 Å². The maximum Gasteiger partial charge on any atom is 0.241 e. The van der Waals surface area contributed by atoms with Crippen LogP contribution in [0.15, 0.2) is 39.5 Å². The summed E-state index contributed by atoms with van der Waals surface area (Å²) in [6.07, 6.45) is 9.10. The zero-order chi connectivity index (χ0) is 8.39. The van der Waals surface area contributed by atoms with E-state index in [4.69, 9.17) is 12.2 Å². The minimum atomic E-state index is 0.263. The molecule has 1 unspecified atom stereocenters. The number of azo groups is 1. The van der Waals surface area contributed by atoms with Gasteiger partial charge >= 0.3 is 0 Å². The second-order valence-electron chi connectivity index (χ2n) is 2.61. The Labute approximate surface area is 75.6 Å². The Morgan fingerprint density at radius 1 is 1.33 bits per heavy atom. The van der Waals surface area contributed by atoms with E-state index >= 15 is 0 Å². The number of thiocarbonyl (C=S) groups is 1. The van der Waals surface area contributed by atoms with Gasteiger partial charge < -0.3 is 0 Å². The molecule has 0 fully saturated rings. The first-order valence-electron chi connectivity index (χ1n) is 3.74. The van der Waals surface area contributed by atoms with Crippen molar-refractivity contribution in [1.82, 2.24) is 0 Å². The summed E-state index contributed by atoms with van der Waals surface area (Å²) < 4.78 is 0. The quantitative estimate of drug-likeness (QED) is 0.566. The normalized spacial score (nSPS) is 26.5. The van der Waals surface area contributed by atoms with Crippen LogP contribution in [0.5, 0.6) is 0 Å². The van der Waals surface area contributed by atoms with Gasteiger partial charge in [0.2, 0.25) is 5.11 Å². The van der Waals surface area contributed by atoms with Crippen LogP contribution >= 0.6 is 12.2 Å². The van der Waals surface area contributed by atoms with Gasteiger partial charge in [-0.2, -0.15) is 4.99 Å². The standard InChI is InChI=1S/C8H7N3S/c12-8-9-7(10-11-8)6-4-2-1-3-5-6/h1-4,6H,5H2. The second-order valence-corrected chi connectivity index (χ2v) is 2.97. The molecule has 0 aromatic carbocycles. The van der Waals surface area contributed by atoms with E-state index in [0.717, 1.165) is 12.3 Å². The topological polar surface area (TPSA) is 37.1 Å². The minimum absolute atomic E-state index is 0.263. The van der Waals surface area contributed by atoms with E-state index in [2.05, 4.69) is 27.4 Å². The third-order valence-electron chi connectivity index (χ3n) is 1.76. The predicted octanol–water partition coefficient (Wildman–Crippen LogP) is 2.27. The third kappa shape index (κ3) is 1.38. The summed E-state index contributed by atoms with van der Waals surface area (Å²) in [5.74, 6) is 1.000. The van der Waals surface area contributed by atoms with Crippen LogP contribution in [0.2, 0.25) is 0 Å². The molecule has 0 aromatic rings. The van der Waals surface area contributed by atoms with Gasteiger partial charge in [0.05, 0.1) is 0 Å². The average molecular weight is 177 g/mol. The summed E-state index contributed by atoms with van der Waals surface area (Å²) in [4.78, 5) is 4.04. The molecule has 4 heteroatoms. The molecule has 0 spiro atoms. The molecule has 2 aliphatic rings. The zero-order valence-electron chi connectivity index (χ0n) is 6.34. The van der Waals surface area contributed by atoms with Crippen molar-refractivity contribution in [1.29, 1.82) is 0 Å². The maximum atomic E-state index is 4.78. The number of hydrogen-bond donors (Lipinski definition) is 0. The van der Waals surface area contributed by atoms with Crippen LogP contribution in [0, 0.1) is 5.92 Å². The van der Waals surface area contributed by atoms with E-state index in [-0.39, 0.29) is 5.92 Å². The predicted molar refractivity (Wildman–Crippen MR) is 51.3 cm³/mol. The highest BCUT2D eigenvalue weighted by molar-refractivity contribution is 7.80. The first kappa shape index (κ1) is 7.49. The third-order valence-corrected chi connectivity index (χ3v) is 1.93. The van der Waals surface area contributed by atoms with E-state index in [1.54, 1.807) is 0 Å². The van der Waals surface area contributed by atoms with Crippen LogP contribution in [0.25, 0.3) is 0 Å². The van der Waals surface area contributed by atoms with E-state index in [1.807, 2.05) is 12.2 Å². The summed E-state index contributed by atoms with van der Waals surface area (Å²) >= 11 is 4.78. The van der Waals surface area contributed by atoms with Gasteiger partial charge in [0, 0.05) is 5.92 Å². The smallest absolute Gasteiger partial charge is 0.199 e. The van der Waals surface area contributed by atoms with E-state index < -0.39 is 0 Å². The van der Waals surface area contributed by atoms with Gasteiger partial charge in [-0.05, 0) is 18.6 Å². The number of aliphatic imine (C=N–C) groups is 1. The fourth-order valence-electron chi connectivity index (χ4n) is 1.17. The Kier molecular flexibility index (Phi) is 1.91. The van der Waals surface area contributed by atoms with Gasteiger partial charge in [-0.25, -0.2) is 0 Å². The Morgan fingerprint density at radius 3 is 2.83 bits per heavy atom. The molecule has 0 radical (unpaired) electrons. The van der Waals surface area contributed by atoms with Crippen molar-refractivity contribution in [3.63, 3.8) is 0 Å². The first-order valence-corrected chi connectivity index (χ1v) is 4.15. The van der Waals surface area contributed by atoms with Gasteiger partial charge in [-0.3, -0.25) is 0 Å². The van der Waals surface area contributed by atoms with Crippen LogP contribution < -0.4 is 0 Å². The molecule has 1 atom stereocenters. The Hall–Kier alpha value is -1.16. The highest BCUT2D eigenvalue weighted by atomic mass is 32.1. The fourth-order valence-corrected chi connectivity index (χ4v) is 1.30. The first-order chi connectivity index (χ1) is 5.86. The van der Waals surface area contributed by atoms with Crippen molar-refractivity contribution in [3.8, 4) is 0 Å². The largest absolute Gasteiger partial charge is 0.241 e. The van der Waals surface area contributed by atoms with Gasteiger partial charge in [0.1, 0.15) is 0 Å². The van der Waals surface area contributed by atoms with Crippen molar-refractivity contribution < 1.29 is 0 Å². The molecule has 12 heavy (non-hydrogen) atoms. The second kappa shape index (κ2) is 3.06. The van der Waals surface area contributed by atoms with Crippen LogP contribution in [-0.2, 0) is 0 Å². The van der Waals surface area contributed by atoms with E-state index in [1.165, 1.54) is 0 Å². The monoisotopic (exact) mass is 177 g/mol. The lowest BCUT2D eigenvalue weighted by Gasteiger charge is -2.08. The Morgan fingerprint density at radius 2 is 2.25 bits per heavy atom. The van der Waals surface area contributed by atoms with Crippen LogP contribution in [0.1, 0.15) is 6.42 Å². The van der Waals surface area contributed by atoms with Crippen molar-refractivity contribution in [2.75, 3.05) is 0 Å². The lowest BCUT2D eigenvalue weighted by molar-refractivity contribution is 0.859. The molecule has 0 amide bonds. The van der Waals surface area contributed by atoms with Crippen molar-refractivity contribution in [3.05, 3.63) is 24.3 Å². The van der Waals surface area contributed by atoms with Gasteiger partial charge in [0.25, 0.3) is 0 Å². The molecule has 0 saturated heterocycles. The van der Waals surface area contributed by atoms with Crippen LogP contribution in [0.4, 0.5) is 0 Å². The minimum Gasteiger partial charge on any atom is -0.199 e. The Balaban J connectivity index is 2.16. The Bertz CT molecular complexity index is 325. The molecule has 0 saturated carbocycles. The summed E-state index contributed by atoms with van der Waals surface area (Å²) in [5.41, 5.74) is 0. The maximum absolute atomic E-state index is 4.78. The molecule has 0 aromatic heterocycles. The molecular weight excluding hydrogens is 170 g/mol. The highest BCUT2D eigenvalue weighted by Gasteiger charge is 2.16. The zero-order valence-corrected chi connectivity index (χ0v) is 7.16. The molecule has 0 bridgehead atoms. The summed E-state index contributed by atoms with van der Waals surface area (Å²) in [5, 5.41) is 7.92. The fraction of sp³-hybridized carbons (Fsp3) is 0.250. The van der Waals surface area contributed by atoms with Crippen molar-refractivity contribution in [2.45, 2.75) is 6.42 Å². The molecule has 2 rings (SSSR count). The molecule has 1 aliphatic heterocycles. The summed E-state index contributed by atoms with van der Waals surface area (Å²) in [6.45, 7) is 0. The molecular formula is C8H7N3S. The van der Waals surface area contributed by atoms with Gasteiger partial charge in [-0.15, -0.1) is 10.2 Å². The van der Waals surface area contributed by atoms with E-state index in [0.29, 0.717) is 5.11 Å². The molecule has 1 aliphatic carbocycles. The highest BCUT2D eigenvalue weighted by Crippen LogP contribution is 2.17. The number of amidine groups is 1. The summed E-state index contributed by atoms with van der Waals surface area (Å²) in [6, 6.07) is 0. The lowest BCUT2D eigenvalue weighted by Crippen LogP contribution is -2.08. The van der Waals surface area contributed by atoms with Crippen molar-refractivity contribution in [2.24, 2.45) is 21.1 Å². The number of nitrogens with zero attached hydrogens (tertiary/aromatic N) is 3.